The maximum absolute atomic E-state index is 12.3. The molecule has 0 aliphatic rings. The van der Waals surface area contributed by atoms with Crippen LogP contribution < -0.4 is 5.32 Å². The van der Waals surface area contributed by atoms with Crippen molar-refractivity contribution >= 4 is 5.91 Å². The largest absolute Gasteiger partial charge is 0.471 e. The van der Waals surface area contributed by atoms with E-state index < -0.39 is 12.1 Å². The minimum absolute atomic E-state index is 0.105. The summed E-state index contributed by atoms with van der Waals surface area (Å²) in [4.78, 5) is 11.0. The maximum atomic E-state index is 12.3. The minimum Gasteiger partial charge on any atom is -0.347 e. The number of carbonyl (C=O) groups excluding carboxylic acids is 1. The average molecular weight is 293 g/mol. The highest BCUT2D eigenvalue weighted by atomic mass is 19.4. The van der Waals surface area contributed by atoms with Crippen LogP contribution in [0, 0.1) is 0 Å². The number of hydrogen-bond acceptors (Lipinski definition) is 1. The summed E-state index contributed by atoms with van der Waals surface area (Å²) in [6.45, 7) is -0.105. The van der Waals surface area contributed by atoms with E-state index in [4.69, 9.17) is 0 Å². The third kappa shape index (κ3) is 4.08. The molecule has 0 atom stereocenters. The molecule has 0 saturated heterocycles. The van der Waals surface area contributed by atoms with E-state index in [1.165, 1.54) is 0 Å². The van der Waals surface area contributed by atoms with Crippen LogP contribution in [-0.2, 0) is 4.79 Å². The van der Waals surface area contributed by atoms with Crippen LogP contribution in [0.1, 0.15) is 17.0 Å². The first-order valence-corrected chi connectivity index (χ1v) is 6.43. The number of amides is 1. The van der Waals surface area contributed by atoms with Crippen molar-refractivity contribution < 1.29 is 18.0 Å². The molecular formula is C16H14F3NO. The number of hydrogen-bond donors (Lipinski definition) is 1. The minimum atomic E-state index is -4.86. The highest BCUT2D eigenvalue weighted by molar-refractivity contribution is 5.81. The van der Waals surface area contributed by atoms with Crippen molar-refractivity contribution in [3.05, 3.63) is 71.8 Å². The van der Waals surface area contributed by atoms with Crippen LogP contribution in [0.4, 0.5) is 13.2 Å². The molecule has 0 spiro atoms. The summed E-state index contributed by atoms with van der Waals surface area (Å²) in [5.41, 5.74) is 1.71. The molecule has 0 fully saturated rings. The molecule has 2 rings (SSSR count). The van der Waals surface area contributed by atoms with Gasteiger partial charge in [-0.25, -0.2) is 0 Å². The van der Waals surface area contributed by atoms with E-state index in [1.54, 1.807) is 0 Å². The monoisotopic (exact) mass is 293 g/mol. The second-order valence-electron chi connectivity index (χ2n) is 4.58. The van der Waals surface area contributed by atoms with Gasteiger partial charge in [-0.1, -0.05) is 60.7 Å². The van der Waals surface area contributed by atoms with Crippen LogP contribution in [0.2, 0.25) is 0 Å². The van der Waals surface area contributed by atoms with Crippen molar-refractivity contribution in [1.82, 2.24) is 5.32 Å². The van der Waals surface area contributed by atoms with Gasteiger partial charge in [-0.3, -0.25) is 4.79 Å². The Bertz CT molecular complexity index is 542. The summed E-state index contributed by atoms with van der Waals surface area (Å²) < 4.78 is 36.9. The molecule has 0 radical (unpaired) electrons. The average Bonchev–Trinajstić information content (AvgIpc) is 2.48. The predicted molar refractivity (Wildman–Crippen MR) is 73.8 cm³/mol. The molecule has 1 amide bonds. The lowest BCUT2D eigenvalue weighted by molar-refractivity contribution is -0.173. The van der Waals surface area contributed by atoms with E-state index in [0.29, 0.717) is 0 Å². The van der Waals surface area contributed by atoms with E-state index in [1.807, 2.05) is 66.0 Å². The van der Waals surface area contributed by atoms with Crippen molar-refractivity contribution in [3.8, 4) is 0 Å². The Balaban J connectivity index is 2.20. The Morgan fingerprint density at radius 3 is 1.71 bits per heavy atom. The lowest BCUT2D eigenvalue weighted by atomic mass is 9.91. The number of carbonyl (C=O) groups is 1. The summed E-state index contributed by atoms with van der Waals surface area (Å²) in [5, 5.41) is 1.96. The summed E-state index contributed by atoms with van der Waals surface area (Å²) in [6.07, 6.45) is -4.86. The highest BCUT2D eigenvalue weighted by Crippen LogP contribution is 2.24. The molecule has 110 valence electrons. The molecule has 0 bridgehead atoms. The fraction of sp³-hybridized carbons (Fsp3) is 0.188. The molecule has 0 heterocycles. The Kier molecular flexibility index (Phi) is 4.62. The van der Waals surface area contributed by atoms with Crippen molar-refractivity contribution in [1.29, 1.82) is 0 Å². The quantitative estimate of drug-likeness (QED) is 0.918. The van der Waals surface area contributed by atoms with Crippen molar-refractivity contribution in [2.45, 2.75) is 12.1 Å². The van der Waals surface area contributed by atoms with E-state index in [9.17, 15) is 18.0 Å². The Morgan fingerprint density at radius 1 is 0.905 bits per heavy atom. The number of benzene rings is 2. The van der Waals surface area contributed by atoms with Crippen LogP contribution >= 0.6 is 0 Å². The maximum Gasteiger partial charge on any atom is 0.471 e. The number of halogens is 3. The second kappa shape index (κ2) is 6.43. The molecule has 0 unspecified atom stereocenters. The highest BCUT2D eigenvalue weighted by Gasteiger charge is 2.38. The zero-order valence-corrected chi connectivity index (χ0v) is 11.1. The van der Waals surface area contributed by atoms with E-state index in [2.05, 4.69) is 0 Å². The van der Waals surface area contributed by atoms with Gasteiger partial charge in [-0.2, -0.15) is 13.2 Å². The van der Waals surface area contributed by atoms with Gasteiger partial charge >= 0.3 is 12.1 Å². The van der Waals surface area contributed by atoms with E-state index in [-0.39, 0.29) is 12.5 Å². The van der Waals surface area contributed by atoms with Gasteiger partial charge in [0.1, 0.15) is 0 Å². The third-order valence-electron chi connectivity index (χ3n) is 3.13. The first-order chi connectivity index (χ1) is 9.98. The number of alkyl halides is 3. The first-order valence-electron chi connectivity index (χ1n) is 6.43. The van der Waals surface area contributed by atoms with E-state index in [0.717, 1.165) is 11.1 Å². The van der Waals surface area contributed by atoms with Gasteiger partial charge in [0.05, 0.1) is 0 Å². The Labute approximate surface area is 120 Å². The molecule has 0 aliphatic carbocycles. The first kappa shape index (κ1) is 15.1. The molecule has 0 aromatic heterocycles. The lowest BCUT2D eigenvalue weighted by Crippen LogP contribution is -2.39. The molecule has 21 heavy (non-hydrogen) atoms. The zero-order chi connectivity index (χ0) is 15.3. The van der Waals surface area contributed by atoms with Gasteiger partial charge in [0.25, 0.3) is 0 Å². The molecular weight excluding hydrogens is 279 g/mol. The number of rotatable bonds is 4. The summed E-state index contributed by atoms with van der Waals surface area (Å²) in [6, 6.07) is 18.3. The molecule has 0 aliphatic heterocycles. The normalized spacial score (nSPS) is 11.4. The molecule has 1 N–H and O–H groups in total. The van der Waals surface area contributed by atoms with Gasteiger partial charge in [-0.05, 0) is 11.1 Å². The molecule has 5 heteroatoms. The summed E-state index contributed by atoms with van der Waals surface area (Å²) in [5.74, 6) is -2.24. The SMILES string of the molecule is O=C(NCC(c1ccccc1)c1ccccc1)C(F)(F)F. The van der Waals surface area contributed by atoms with Crippen molar-refractivity contribution in [2.75, 3.05) is 6.54 Å². The van der Waals surface area contributed by atoms with Gasteiger partial charge in [0.15, 0.2) is 0 Å². The predicted octanol–water partition coefficient (Wildman–Crippen LogP) is 3.50. The zero-order valence-electron chi connectivity index (χ0n) is 11.1. The summed E-state index contributed by atoms with van der Waals surface area (Å²) in [7, 11) is 0. The fourth-order valence-electron chi connectivity index (χ4n) is 2.09. The second-order valence-corrected chi connectivity index (χ2v) is 4.58. The van der Waals surface area contributed by atoms with Gasteiger partial charge in [-0.15, -0.1) is 0 Å². The van der Waals surface area contributed by atoms with Gasteiger partial charge < -0.3 is 5.32 Å². The molecule has 2 aromatic rings. The molecule has 2 aromatic carbocycles. The van der Waals surface area contributed by atoms with Gasteiger partial charge in [0.2, 0.25) is 0 Å². The van der Waals surface area contributed by atoms with Crippen LogP contribution in [0.3, 0.4) is 0 Å². The number of nitrogens with one attached hydrogen (secondary N) is 1. The standard InChI is InChI=1S/C16H14F3NO/c17-16(18,19)15(21)20-11-14(12-7-3-1-4-8-12)13-9-5-2-6-10-13/h1-10,14H,11H2,(H,20,21). The lowest BCUT2D eigenvalue weighted by Gasteiger charge is -2.19. The van der Waals surface area contributed by atoms with Crippen LogP contribution in [-0.4, -0.2) is 18.6 Å². The van der Waals surface area contributed by atoms with Crippen LogP contribution in [0.15, 0.2) is 60.7 Å². The van der Waals surface area contributed by atoms with Crippen molar-refractivity contribution in [2.24, 2.45) is 0 Å². The topological polar surface area (TPSA) is 29.1 Å². The van der Waals surface area contributed by atoms with Crippen molar-refractivity contribution in [3.63, 3.8) is 0 Å². The van der Waals surface area contributed by atoms with Crippen LogP contribution in [0.5, 0.6) is 0 Å². The fourth-order valence-corrected chi connectivity index (χ4v) is 2.09. The Morgan fingerprint density at radius 2 is 1.33 bits per heavy atom. The van der Waals surface area contributed by atoms with E-state index >= 15 is 0 Å². The smallest absolute Gasteiger partial charge is 0.347 e. The Hall–Kier alpha value is -2.30. The molecule has 2 nitrogen and oxygen atoms in total. The van der Waals surface area contributed by atoms with Crippen LogP contribution in [0.25, 0.3) is 0 Å². The van der Waals surface area contributed by atoms with Gasteiger partial charge in [0, 0.05) is 12.5 Å². The summed E-state index contributed by atoms with van der Waals surface area (Å²) >= 11 is 0. The molecule has 0 saturated carbocycles. The third-order valence-corrected chi connectivity index (χ3v) is 3.13.